The van der Waals surface area contributed by atoms with Crippen molar-refractivity contribution < 1.29 is 9.63 Å². The third-order valence-electron chi connectivity index (χ3n) is 2.69. The molecule has 0 bridgehead atoms. The summed E-state index contributed by atoms with van der Waals surface area (Å²) >= 11 is 11.9. The van der Waals surface area contributed by atoms with Gasteiger partial charge in [0, 0.05) is 10.6 Å². The van der Waals surface area contributed by atoms with E-state index in [0.29, 0.717) is 32.9 Å². The molecule has 6 heteroatoms. The van der Waals surface area contributed by atoms with Crippen LogP contribution in [0.1, 0.15) is 0 Å². The summed E-state index contributed by atoms with van der Waals surface area (Å²) in [6, 6.07) is 11.6. The van der Waals surface area contributed by atoms with Crippen LogP contribution in [0, 0.1) is 0 Å². The van der Waals surface area contributed by atoms with Crippen molar-refractivity contribution in [3.8, 4) is 28.6 Å². The topological polar surface area (TPSA) is 59.2 Å². The van der Waals surface area contributed by atoms with Crippen molar-refractivity contribution in [3.05, 3.63) is 52.5 Å². The number of rotatable bonds is 2. The summed E-state index contributed by atoms with van der Waals surface area (Å²) in [5, 5.41) is 14.3. The zero-order chi connectivity index (χ0) is 14.1. The summed E-state index contributed by atoms with van der Waals surface area (Å²) in [5.74, 6) is 0.810. The fourth-order valence-corrected chi connectivity index (χ4v) is 2.25. The SMILES string of the molecule is Oc1cccc(-c2noc(-c3ccc(Cl)cc3Cl)n2)c1. The summed E-state index contributed by atoms with van der Waals surface area (Å²) in [7, 11) is 0. The van der Waals surface area contributed by atoms with Gasteiger partial charge in [0.15, 0.2) is 0 Å². The molecule has 0 amide bonds. The number of aromatic nitrogens is 2. The molecule has 3 aromatic rings. The smallest absolute Gasteiger partial charge is 0.259 e. The number of benzene rings is 2. The molecule has 1 aromatic heterocycles. The molecule has 20 heavy (non-hydrogen) atoms. The van der Waals surface area contributed by atoms with Gasteiger partial charge < -0.3 is 9.63 Å². The van der Waals surface area contributed by atoms with Gasteiger partial charge in [0.25, 0.3) is 5.89 Å². The molecular formula is C14H8Cl2N2O2. The van der Waals surface area contributed by atoms with E-state index in [4.69, 9.17) is 27.7 Å². The minimum atomic E-state index is 0.137. The molecule has 3 rings (SSSR count). The Morgan fingerprint density at radius 1 is 1.05 bits per heavy atom. The molecule has 0 unspecified atom stereocenters. The van der Waals surface area contributed by atoms with Crippen molar-refractivity contribution in [1.82, 2.24) is 10.1 Å². The number of aromatic hydroxyl groups is 1. The number of hydrogen-bond donors (Lipinski definition) is 1. The van der Waals surface area contributed by atoms with Crippen molar-refractivity contribution in [2.45, 2.75) is 0 Å². The number of hydrogen-bond acceptors (Lipinski definition) is 4. The second-order valence-electron chi connectivity index (χ2n) is 4.10. The number of nitrogens with zero attached hydrogens (tertiary/aromatic N) is 2. The van der Waals surface area contributed by atoms with Gasteiger partial charge in [-0.15, -0.1) is 0 Å². The molecule has 0 radical (unpaired) electrons. The van der Waals surface area contributed by atoms with Gasteiger partial charge in [-0.1, -0.05) is 40.5 Å². The lowest BCUT2D eigenvalue weighted by atomic mass is 10.2. The monoisotopic (exact) mass is 306 g/mol. The minimum Gasteiger partial charge on any atom is -0.508 e. The van der Waals surface area contributed by atoms with Crippen molar-refractivity contribution in [2.24, 2.45) is 0 Å². The van der Waals surface area contributed by atoms with Crippen LogP contribution in [0.4, 0.5) is 0 Å². The van der Waals surface area contributed by atoms with Crippen LogP contribution in [0.3, 0.4) is 0 Å². The molecule has 0 saturated carbocycles. The fraction of sp³-hybridized carbons (Fsp3) is 0. The van der Waals surface area contributed by atoms with E-state index >= 15 is 0 Å². The van der Waals surface area contributed by atoms with E-state index in [0.717, 1.165) is 0 Å². The highest BCUT2D eigenvalue weighted by molar-refractivity contribution is 6.36. The Labute approximate surface area is 124 Å². The minimum absolute atomic E-state index is 0.137. The highest BCUT2D eigenvalue weighted by Crippen LogP contribution is 2.30. The first-order chi connectivity index (χ1) is 9.63. The van der Waals surface area contributed by atoms with E-state index in [1.165, 1.54) is 0 Å². The average Bonchev–Trinajstić information content (AvgIpc) is 2.88. The zero-order valence-electron chi connectivity index (χ0n) is 10.0. The first kappa shape index (κ1) is 13.0. The van der Waals surface area contributed by atoms with E-state index in [2.05, 4.69) is 10.1 Å². The zero-order valence-corrected chi connectivity index (χ0v) is 11.6. The van der Waals surface area contributed by atoms with Gasteiger partial charge in [0.2, 0.25) is 5.82 Å². The molecule has 0 aliphatic carbocycles. The number of halogens is 2. The summed E-state index contributed by atoms with van der Waals surface area (Å²) < 4.78 is 5.20. The van der Waals surface area contributed by atoms with Crippen LogP contribution in [-0.2, 0) is 0 Å². The highest BCUT2D eigenvalue weighted by Gasteiger charge is 2.13. The second kappa shape index (κ2) is 5.15. The van der Waals surface area contributed by atoms with Gasteiger partial charge in [-0.05, 0) is 30.3 Å². The maximum Gasteiger partial charge on any atom is 0.259 e. The van der Waals surface area contributed by atoms with Gasteiger partial charge >= 0.3 is 0 Å². The summed E-state index contributed by atoms with van der Waals surface area (Å²) in [6.45, 7) is 0. The lowest BCUT2D eigenvalue weighted by Crippen LogP contribution is -1.82. The first-order valence-electron chi connectivity index (χ1n) is 5.72. The van der Waals surface area contributed by atoms with Crippen molar-refractivity contribution in [2.75, 3.05) is 0 Å². The molecule has 2 aromatic carbocycles. The molecule has 0 spiro atoms. The third-order valence-corrected chi connectivity index (χ3v) is 3.24. The van der Waals surface area contributed by atoms with Crippen LogP contribution in [-0.4, -0.2) is 15.2 Å². The molecule has 0 aliphatic heterocycles. The Bertz CT molecular complexity index is 771. The predicted molar refractivity (Wildman–Crippen MR) is 76.9 cm³/mol. The quantitative estimate of drug-likeness (QED) is 0.761. The molecule has 1 N–H and O–H groups in total. The van der Waals surface area contributed by atoms with E-state index in [1.807, 2.05) is 0 Å². The van der Waals surface area contributed by atoms with Gasteiger partial charge in [-0.2, -0.15) is 4.98 Å². The summed E-state index contributed by atoms with van der Waals surface area (Å²) in [5.41, 5.74) is 1.26. The third kappa shape index (κ3) is 2.48. The molecule has 0 saturated heterocycles. The van der Waals surface area contributed by atoms with Crippen molar-refractivity contribution in [1.29, 1.82) is 0 Å². The van der Waals surface area contributed by atoms with E-state index < -0.39 is 0 Å². The van der Waals surface area contributed by atoms with Crippen LogP contribution in [0.25, 0.3) is 22.8 Å². The Balaban J connectivity index is 2.02. The predicted octanol–water partition coefficient (Wildman–Crippen LogP) is 4.42. The van der Waals surface area contributed by atoms with Gasteiger partial charge in [-0.25, -0.2) is 0 Å². The van der Waals surface area contributed by atoms with Gasteiger partial charge in [0.05, 0.1) is 10.6 Å². The molecule has 0 fully saturated rings. The normalized spacial score (nSPS) is 10.7. The largest absolute Gasteiger partial charge is 0.508 e. The molecule has 100 valence electrons. The Kier molecular flexibility index (Phi) is 3.34. The van der Waals surface area contributed by atoms with Crippen LogP contribution < -0.4 is 0 Å². The summed E-state index contributed by atoms with van der Waals surface area (Å²) in [6.07, 6.45) is 0. The maximum absolute atomic E-state index is 9.45. The molecule has 0 atom stereocenters. The lowest BCUT2D eigenvalue weighted by molar-refractivity contribution is 0.432. The van der Waals surface area contributed by atoms with Crippen LogP contribution >= 0.6 is 23.2 Å². The molecule has 0 aliphatic rings. The van der Waals surface area contributed by atoms with E-state index in [9.17, 15) is 5.11 Å². The Morgan fingerprint density at radius 3 is 2.65 bits per heavy atom. The Morgan fingerprint density at radius 2 is 1.90 bits per heavy atom. The maximum atomic E-state index is 9.45. The van der Waals surface area contributed by atoms with Crippen molar-refractivity contribution >= 4 is 23.2 Å². The molecule has 1 heterocycles. The molecular weight excluding hydrogens is 299 g/mol. The van der Waals surface area contributed by atoms with Crippen LogP contribution in [0.5, 0.6) is 5.75 Å². The standard InChI is InChI=1S/C14H8Cl2N2O2/c15-9-4-5-11(12(16)7-9)14-17-13(18-20-14)8-2-1-3-10(19)6-8/h1-7,19H. The lowest BCUT2D eigenvalue weighted by Gasteiger charge is -1.98. The first-order valence-corrected chi connectivity index (χ1v) is 6.47. The fourth-order valence-electron chi connectivity index (χ4n) is 1.76. The second-order valence-corrected chi connectivity index (χ2v) is 4.94. The highest BCUT2D eigenvalue weighted by atomic mass is 35.5. The van der Waals surface area contributed by atoms with Gasteiger partial charge in [0.1, 0.15) is 5.75 Å². The number of phenols is 1. The summed E-state index contributed by atoms with van der Waals surface area (Å²) in [4.78, 5) is 4.27. The molecule has 4 nitrogen and oxygen atoms in total. The Hall–Kier alpha value is -2.04. The van der Waals surface area contributed by atoms with E-state index in [-0.39, 0.29) is 5.75 Å². The van der Waals surface area contributed by atoms with Crippen molar-refractivity contribution in [3.63, 3.8) is 0 Å². The number of phenolic OH excluding ortho intramolecular Hbond substituents is 1. The van der Waals surface area contributed by atoms with Gasteiger partial charge in [-0.3, -0.25) is 0 Å². The van der Waals surface area contributed by atoms with Crippen LogP contribution in [0.2, 0.25) is 10.0 Å². The van der Waals surface area contributed by atoms with E-state index in [1.54, 1.807) is 42.5 Å². The average molecular weight is 307 g/mol. The van der Waals surface area contributed by atoms with Crippen LogP contribution in [0.15, 0.2) is 47.0 Å².